The van der Waals surface area contributed by atoms with Gasteiger partial charge in [-0.05, 0) is 31.0 Å². The van der Waals surface area contributed by atoms with Gasteiger partial charge in [0.2, 0.25) is 15.8 Å². The molecule has 1 aliphatic heterocycles. The molecule has 0 saturated carbocycles. The van der Waals surface area contributed by atoms with Crippen LogP contribution >= 0.6 is 0 Å². The average Bonchev–Trinajstić information content (AvgIpc) is 2.52. The molecule has 6 nitrogen and oxygen atoms in total. The molecule has 0 radical (unpaired) electrons. The minimum Gasteiger partial charge on any atom is -0.356 e. The Morgan fingerprint density at radius 3 is 2.42 bits per heavy atom. The maximum atomic E-state index is 13.6. The van der Waals surface area contributed by atoms with E-state index >= 15 is 0 Å². The molecule has 0 atom stereocenters. The highest BCUT2D eigenvalue weighted by molar-refractivity contribution is 7.88. The van der Waals surface area contributed by atoms with Crippen LogP contribution in [0.25, 0.3) is 10.9 Å². The smallest absolute Gasteiger partial charge is 0.356 e. The van der Waals surface area contributed by atoms with Crippen molar-refractivity contribution in [3.63, 3.8) is 0 Å². The second-order valence-corrected chi connectivity index (χ2v) is 7.96. The Morgan fingerprint density at radius 1 is 1.19 bits per heavy atom. The van der Waals surface area contributed by atoms with Crippen molar-refractivity contribution in [3.8, 4) is 0 Å². The molecule has 0 bridgehead atoms. The number of nitrogens with zero attached hydrogens (tertiary/aromatic N) is 3. The molecule has 0 unspecified atom stereocenters. The monoisotopic (exact) mass is 392 g/mol. The molecule has 1 aromatic carbocycles. The number of hydrogen-bond acceptors (Lipinski definition) is 5. The van der Waals surface area contributed by atoms with Gasteiger partial charge in [-0.25, -0.2) is 27.5 Å². The Labute approximate surface area is 147 Å². The lowest BCUT2D eigenvalue weighted by atomic mass is 10.1. The fraction of sp³-hybridized carbons (Fsp3) is 0.467. The van der Waals surface area contributed by atoms with E-state index in [9.17, 15) is 26.0 Å². The molecule has 1 saturated heterocycles. The molecule has 1 N–H and O–H groups in total. The highest BCUT2D eigenvalue weighted by Gasteiger charge is 2.36. The van der Waals surface area contributed by atoms with E-state index in [0.29, 0.717) is 12.8 Å². The normalized spacial score (nSPS) is 17.0. The number of nitrogens with one attached hydrogen (secondary N) is 1. The summed E-state index contributed by atoms with van der Waals surface area (Å²) in [7, 11) is -3.36. The zero-order valence-electron chi connectivity index (χ0n) is 13.7. The van der Waals surface area contributed by atoms with Crippen LogP contribution in [0.3, 0.4) is 0 Å². The Bertz CT molecular complexity index is 925. The second-order valence-electron chi connectivity index (χ2n) is 6.18. The molecule has 1 aromatic heterocycles. The summed E-state index contributed by atoms with van der Waals surface area (Å²) in [6, 6.07) is 3.03. The van der Waals surface area contributed by atoms with Gasteiger partial charge in [-0.15, -0.1) is 0 Å². The van der Waals surface area contributed by atoms with E-state index in [1.54, 1.807) is 4.90 Å². The average molecular weight is 392 g/mol. The molecule has 2 heterocycles. The molecule has 0 spiro atoms. The Balaban J connectivity index is 1.95. The third kappa shape index (κ3) is 4.21. The number of halogens is 4. The van der Waals surface area contributed by atoms with E-state index in [1.165, 1.54) is 6.07 Å². The van der Waals surface area contributed by atoms with Crippen LogP contribution in [0, 0.1) is 5.82 Å². The molecule has 11 heteroatoms. The number of hydrogen-bond donors (Lipinski definition) is 1. The summed E-state index contributed by atoms with van der Waals surface area (Å²) in [5.41, 5.74) is 0.000101. The van der Waals surface area contributed by atoms with Crippen molar-refractivity contribution in [2.45, 2.75) is 25.1 Å². The van der Waals surface area contributed by atoms with Crippen LogP contribution in [0.15, 0.2) is 18.2 Å². The van der Waals surface area contributed by atoms with Gasteiger partial charge < -0.3 is 4.90 Å². The lowest BCUT2D eigenvalue weighted by Gasteiger charge is -2.33. The van der Waals surface area contributed by atoms with Crippen molar-refractivity contribution >= 4 is 26.7 Å². The zero-order chi connectivity index (χ0) is 19.1. The van der Waals surface area contributed by atoms with Gasteiger partial charge >= 0.3 is 6.18 Å². The highest BCUT2D eigenvalue weighted by atomic mass is 32.2. The first kappa shape index (κ1) is 18.8. The van der Waals surface area contributed by atoms with Crippen LogP contribution < -0.4 is 9.62 Å². The summed E-state index contributed by atoms with van der Waals surface area (Å²) in [5, 5.41) is 0.188. The number of alkyl halides is 3. The van der Waals surface area contributed by atoms with E-state index in [4.69, 9.17) is 0 Å². The first-order chi connectivity index (χ1) is 12.0. The van der Waals surface area contributed by atoms with Gasteiger partial charge in [0, 0.05) is 24.5 Å². The van der Waals surface area contributed by atoms with E-state index in [0.717, 1.165) is 18.4 Å². The summed E-state index contributed by atoms with van der Waals surface area (Å²) < 4.78 is 78.0. The van der Waals surface area contributed by atoms with Crippen molar-refractivity contribution in [1.82, 2.24) is 14.7 Å². The molecule has 0 aliphatic carbocycles. The van der Waals surface area contributed by atoms with Gasteiger partial charge in [0.05, 0.1) is 11.8 Å². The Kier molecular flexibility index (Phi) is 4.78. The first-order valence-corrected chi connectivity index (χ1v) is 9.69. The number of rotatable bonds is 3. The zero-order valence-corrected chi connectivity index (χ0v) is 14.5. The van der Waals surface area contributed by atoms with Gasteiger partial charge in [-0.2, -0.15) is 13.2 Å². The van der Waals surface area contributed by atoms with Crippen molar-refractivity contribution in [3.05, 3.63) is 29.8 Å². The highest BCUT2D eigenvalue weighted by Crippen LogP contribution is 2.33. The van der Waals surface area contributed by atoms with Gasteiger partial charge in [-0.1, -0.05) is 0 Å². The summed E-state index contributed by atoms with van der Waals surface area (Å²) in [4.78, 5) is 8.70. The number of aromatic nitrogens is 2. The third-order valence-electron chi connectivity index (χ3n) is 4.07. The van der Waals surface area contributed by atoms with Gasteiger partial charge in [0.1, 0.15) is 11.6 Å². The molecule has 1 aliphatic rings. The molecule has 1 fully saturated rings. The fourth-order valence-corrected chi connectivity index (χ4v) is 3.81. The summed E-state index contributed by atoms with van der Waals surface area (Å²) in [6.45, 7) is 0.570. The summed E-state index contributed by atoms with van der Waals surface area (Å²) in [5.74, 6) is -1.89. The van der Waals surface area contributed by atoms with Gasteiger partial charge in [0.25, 0.3) is 0 Å². The van der Waals surface area contributed by atoms with Crippen LogP contribution in [-0.2, 0) is 16.2 Å². The summed E-state index contributed by atoms with van der Waals surface area (Å²) in [6.07, 6.45) is -2.88. The lowest BCUT2D eigenvalue weighted by molar-refractivity contribution is -0.144. The minimum absolute atomic E-state index is 0.000101. The number of anilines is 1. The van der Waals surface area contributed by atoms with E-state index < -0.39 is 27.8 Å². The Hall–Kier alpha value is -2.01. The van der Waals surface area contributed by atoms with Crippen LogP contribution in [0.5, 0.6) is 0 Å². The van der Waals surface area contributed by atoms with Crippen LogP contribution in [-0.4, -0.2) is 43.8 Å². The van der Waals surface area contributed by atoms with Crippen molar-refractivity contribution in [1.29, 1.82) is 0 Å². The Morgan fingerprint density at radius 2 is 1.85 bits per heavy atom. The standard InChI is InChI=1S/C15H16F4N4O2S/c1-26(24,25)22-10-4-6-23(7-5-10)13-11-8-9(16)2-3-12(11)20-14(21-13)15(17,18)19/h2-3,8,10,22H,4-7H2,1H3. The topological polar surface area (TPSA) is 75.2 Å². The van der Waals surface area contributed by atoms with Crippen LogP contribution in [0.4, 0.5) is 23.4 Å². The lowest BCUT2D eigenvalue weighted by Crippen LogP contribution is -2.44. The van der Waals surface area contributed by atoms with Crippen molar-refractivity contribution in [2.24, 2.45) is 0 Å². The molecule has 26 heavy (non-hydrogen) atoms. The van der Waals surface area contributed by atoms with Gasteiger partial charge in [0.15, 0.2) is 0 Å². The minimum atomic E-state index is -4.73. The van der Waals surface area contributed by atoms with Crippen molar-refractivity contribution < 1.29 is 26.0 Å². The molecule has 3 rings (SSSR count). The molecule has 142 valence electrons. The number of fused-ring (bicyclic) bond motifs is 1. The van der Waals surface area contributed by atoms with Crippen LogP contribution in [0.1, 0.15) is 18.7 Å². The van der Waals surface area contributed by atoms with E-state index in [2.05, 4.69) is 14.7 Å². The molecule has 0 amide bonds. The SMILES string of the molecule is CS(=O)(=O)NC1CCN(c2nc(C(F)(F)F)nc3ccc(F)cc23)CC1. The largest absolute Gasteiger partial charge is 0.451 e. The predicted molar refractivity (Wildman–Crippen MR) is 87.7 cm³/mol. The number of benzene rings is 1. The predicted octanol–water partition coefficient (Wildman–Crippen LogP) is 2.31. The number of piperidine rings is 1. The van der Waals surface area contributed by atoms with Gasteiger partial charge in [-0.3, -0.25) is 0 Å². The first-order valence-electron chi connectivity index (χ1n) is 7.80. The van der Waals surface area contributed by atoms with E-state index in [-0.39, 0.29) is 35.9 Å². The molecular formula is C15H16F4N4O2S. The fourth-order valence-electron chi connectivity index (χ4n) is 2.96. The van der Waals surface area contributed by atoms with Crippen LogP contribution in [0.2, 0.25) is 0 Å². The molecular weight excluding hydrogens is 376 g/mol. The quantitative estimate of drug-likeness (QED) is 0.812. The van der Waals surface area contributed by atoms with E-state index in [1.807, 2.05) is 0 Å². The third-order valence-corrected chi connectivity index (χ3v) is 4.83. The van der Waals surface area contributed by atoms with Crippen molar-refractivity contribution in [2.75, 3.05) is 24.2 Å². The summed E-state index contributed by atoms with van der Waals surface area (Å²) >= 11 is 0. The number of sulfonamides is 1. The maximum Gasteiger partial charge on any atom is 0.451 e. The second kappa shape index (κ2) is 6.62. The maximum absolute atomic E-state index is 13.6. The molecule has 2 aromatic rings.